The summed E-state index contributed by atoms with van der Waals surface area (Å²) in [6, 6.07) is 5.40. The number of nitrogens with one attached hydrogen (secondary N) is 3. The fourth-order valence-corrected chi connectivity index (χ4v) is 5.85. The Morgan fingerprint density at radius 1 is 1.24 bits per heavy atom. The number of carboxylic acids is 1. The van der Waals surface area contributed by atoms with Crippen LogP contribution in [0.2, 0.25) is 10.0 Å². The van der Waals surface area contributed by atoms with E-state index in [2.05, 4.69) is 25.8 Å². The number of nitrogens with zero attached hydrogens (tertiary/aromatic N) is 5. The molecule has 218 valence electrons. The van der Waals surface area contributed by atoms with Gasteiger partial charge < -0.3 is 25.3 Å². The van der Waals surface area contributed by atoms with Crippen molar-refractivity contribution in [3.63, 3.8) is 0 Å². The van der Waals surface area contributed by atoms with E-state index < -0.39 is 24.0 Å². The molecule has 0 bridgehead atoms. The number of aromatic amines is 1. The van der Waals surface area contributed by atoms with Crippen molar-refractivity contribution < 1.29 is 24.6 Å². The maximum Gasteiger partial charge on any atom is 0.328 e. The van der Waals surface area contributed by atoms with Gasteiger partial charge in [0.05, 0.1) is 40.0 Å². The summed E-state index contributed by atoms with van der Waals surface area (Å²) in [7, 11) is 0. The number of aliphatic hydroxyl groups is 1. The van der Waals surface area contributed by atoms with Crippen LogP contribution in [0.3, 0.4) is 0 Å². The Hall–Kier alpha value is -4.38. The average Bonchev–Trinajstić information content (AvgIpc) is 3.62. The molecule has 2 amide bonds. The number of hydrogen-bond donors (Lipinski definition) is 5. The Kier molecular flexibility index (Phi) is 8.49. The van der Waals surface area contributed by atoms with Gasteiger partial charge in [0.2, 0.25) is 5.96 Å². The Bertz CT molecular complexity index is 1630. The van der Waals surface area contributed by atoms with Gasteiger partial charge in [-0.15, -0.1) is 0 Å². The fourth-order valence-electron chi connectivity index (χ4n) is 5.08. The lowest BCUT2D eigenvalue weighted by atomic mass is 9.96. The monoisotopic (exact) mass is 612 g/mol. The molecule has 1 aromatic heterocycles. The van der Waals surface area contributed by atoms with Crippen molar-refractivity contribution in [3.8, 4) is 6.19 Å². The second-order valence-corrected chi connectivity index (χ2v) is 10.8. The highest BCUT2D eigenvalue weighted by molar-refractivity contribution is 6.40. The number of carbonyl (C=O) groups excluding carboxylic acids is 2. The van der Waals surface area contributed by atoms with Crippen LogP contribution >= 0.6 is 23.2 Å². The van der Waals surface area contributed by atoms with Crippen LogP contribution in [0.1, 0.15) is 38.3 Å². The van der Waals surface area contributed by atoms with Crippen molar-refractivity contribution in [3.05, 3.63) is 62.8 Å². The third-order valence-electron chi connectivity index (χ3n) is 7.27. The zero-order chi connectivity index (χ0) is 30.0. The number of aromatic nitrogens is 2. The van der Waals surface area contributed by atoms with Crippen molar-refractivity contribution >= 4 is 57.8 Å². The van der Waals surface area contributed by atoms with Gasteiger partial charge in [0.15, 0.2) is 6.19 Å². The van der Waals surface area contributed by atoms with Crippen molar-refractivity contribution in [2.45, 2.75) is 31.5 Å². The topological polar surface area (TPSA) is 187 Å². The summed E-state index contributed by atoms with van der Waals surface area (Å²) in [6.45, 7) is 0.853. The number of fused-ring (bicyclic) bond motifs is 2. The molecule has 15 heteroatoms. The van der Waals surface area contributed by atoms with Crippen LogP contribution < -0.4 is 10.6 Å². The number of aliphatic hydroxyl groups excluding tert-OH is 1. The predicted molar refractivity (Wildman–Crippen MR) is 153 cm³/mol. The number of aliphatic imine (C=N–C) groups is 1. The van der Waals surface area contributed by atoms with Crippen LogP contribution in [0.15, 0.2) is 35.5 Å². The van der Waals surface area contributed by atoms with Gasteiger partial charge in [-0.2, -0.15) is 10.4 Å². The number of rotatable bonds is 6. The summed E-state index contributed by atoms with van der Waals surface area (Å²) in [6.07, 6.45) is 3.68. The molecule has 1 saturated heterocycles. The molecule has 2 aromatic carbocycles. The van der Waals surface area contributed by atoms with Gasteiger partial charge >= 0.3 is 5.97 Å². The molecule has 0 unspecified atom stereocenters. The van der Waals surface area contributed by atoms with Crippen molar-refractivity contribution in [2.75, 3.05) is 26.2 Å². The van der Waals surface area contributed by atoms with E-state index in [1.165, 1.54) is 0 Å². The molecular formula is C27H26Cl2N8O5. The highest BCUT2D eigenvalue weighted by atomic mass is 35.5. The Morgan fingerprint density at radius 3 is 2.76 bits per heavy atom. The van der Waals surface area contributed by atoms with Crippen molar-refractivity contribution in [2.24, 2.45) is 4.99 Å². The number of halogens is 2. The number of carbonyl (C=O) groups is 3. The molecule has 2 aliphatic heterocycles. The molecule has 1 fully saturated rings. The predicted octanol–water partition coefficient (Wildman–Crippen LogP) is 1.74. The summed E-state index contributed by atoms with van der Waals surface area (Å²) < 4.78 is 0. The first kappa shape index (κ1) is 29.1. The third-order valence-corrected chi connectivity index (χ3v) is 7.98. The summed E-state index contributed by atoms with van der Waals surface area (Å²) in [5.74, 6) is -2.22. The molecule has 13 nitrogen and oxygen atoms in total. The van der Waals surface area contributed by atoms with Gasteiger partial charge in [-0.25, -0.2) is 9.79 Å². The number of β-amino-alcohol motifs (C(OH)–C–C–N with tert-alkyl or cyclic N) is 1. The number of H-pyrrole nitrogens is 1. The number of benzene rings is 2. The van der Waals surface area contributed by atoms with Gasteiger partial charge in [-0.1, -0.05) is 29.3 Å². The maximum absolute atomic E-state index is 13.2. The second-order valence-electron chi connectivity index (χ2n) is 9.99. The standard InChI is InChI=1S/C27H26Cl2N8O5/c28-19-7-16-11-36(25(40)14-1-2-15-9-33-35-20(15)8-14)6-4-18(16)23(29)22(19)24(39)34-21(26(41)42)10-31-27(32-13-30)37-5-3-17(38)12-37/h1-2,7-9,17,21,38H,3-6,10-12H2,(H,31,32)(H,33,35)(H,34,39)(H,41,42)/t17-,21-/m0/s1. The van der Waals surface area contributed by atoms with Crippen molar-refractivity contribution in [1.29, 1.82) is 5.26 Å². The molecule has 0 saturated carbocycles. The van der Waals surface area contributed by atoms with Crippen molar-refractivity contribution in [1.82, 2.24) is 30.6 Å². The highest BCUT2D eigenvalue weighted by Crippen LogP contribution is 2.35. The quantitative estimate of drug-likeness (QED) is 0.119. The average molecular weight is 613 g/mol. The number of guanidine groups is 1. The van der Waals surface area contributed by atoms with Gasteiger partial charge in [0, 0.05) is 37.1 Å². The van der Waals surface area contributed by atoms with Crippen LogP contribution in [0, 0.1) is 11.5 Å². The van der Waals surface area contributed by atoms with Crippen LogP contribution in [0.5, 0.6) is 0 Å². The highest BCUT2D eigenvalue weighted by Gasteiger charge is 2.30. The zero-order valence-corrected chi connectivity index (χ0v) is 23.6. The van der Waals surface area contributed by atoms with E-state index in [1.807, 2.05) is 6.07 Å². The maximum atomic E-state index is 13.2. The summed E-state index contributed by atoms with van der Waals surface area (Å²) in [5, 5.41) is 41.2. The summed E-state index contributed by atoms with van der Waals surface area (Å²) in [5.41, 5.74) is 2.51. The lowest BCUT2D eigenvalue weighted by molar-refractivity contribution is -0.138. The number of nitriles is 1. The van der Waals surface area contributed by atoms with E-state index in [9.17, 15) is 24.6 Å². The molecule has 5 N–H and O–H groups in total. The molecule has 3 heterocycles. The summed E-state index contributed by atoms with van der Waals surface area (Å²) in [4.78, 5) is 45.8. The first-order chi connectivity index (χ1) is 20.2. The van der Waals surface area contributed by atoms with Gasteiger partial charge in [0.25, 0.3) is 11.8 Å². The lowest BCUT2D eigenvalue weighted by Crippen LogP contribution is -2.45. The Labute approximate surface area is 249 Å². The van der Waals surface area contributed by atoms with Crippen LogP contribution in [0.4, 0.5) is 0 Å². The van der Waals surface area contributed by atoms with Crippen LogP contribution in [0.25, 0.3) is 10.9 Å². The first-order valence-electron chi connectivity index (χ1n) is 13.0. The number of hydrogen-bond acceptors (Lipinski definition) is 7. The SMILES string of the molecule is N#CNC(=NC[C@H](NC(=O)c1c(Cl)cc2c(c1Cl)CCN(C(=O)c1ccc3cn[nH]c3c1)C2)C(=O)O)N1CC[C@H](O)C1. The van der Waals surface area contributed by atoms with E-state index in [0.29, 0.717) is 42.6 Å². The molecule has 0 radical (unpaired) electrons. The third kappa shape index (κ3) is 5.96. The van der Waals surface area contributed by atoms with E-state index in [0.717, 1.165) is 10.9 Å². The van der Waals surface area contributed by atoms with Crippen LogP contribution in [-0.4, -0.2) is 92.3 Å². The lowest BCUT2D eigenvalue weighted by Gasteiger charge is -2.30. The first-order valence-corrected chi connectivity index (χ1v) is 13.8. The minimum Gasteiger partial charge on any atom is -0.480 e. The molecule has 2 aliphatic rings. The van der Waals surface area contributed by atoms with Crippen LogP contribution in [-0.2, 0) is 17.8 Å². The molecule has 5 rings (SSSR count). The molecule has 3 aromatic rings. The second kappa shape index (κ2) is 12.2. The van der Waals surface area contributed by atoms with E-state index in [4.69, 9.17) is 28.5 Å². The number of carboxylic acid groups (broad SMARTS) is 1. The normalized spacial score (nSPS) is 17.5. The molecular weight excluding hydrogens is 587 g/mol. The Morgan fingerprint density at radius 2 is 2.05 bits per heavy atom. The smallest absolute Gasteiger partial charge is 0.328 e. The minimum absolute atomic E-state index is 0.00922. The number of likely N-dealkylation sites (tertiary alicyclic amines) is 1. The summed E-state index contributed by atoms with van der Waals surface area (Å²) >= 11 is 13.1. The minimum atomic E-state index is -1.45. The largest absolute Gasteiger partial charge is 0.480 e. The molecule has 2 atom stereocenters. The van der Waals surface area contributed by atoms with E-state index >= 15 is 0 Å². The molecule has 0 aliphatic carbocycles. The van der Waals surface area contributed by atoms with E-state index in [-0.39, 0.29) is 47.1 Å². The number of aliphatic carboxylic acids is 1. The van der Waals surface area contributed by atoms with Gasteiger partial charge in [-0.05, 0) is 42.2 Å². The van der Waals surface area contributed by atoms with Gasteiger partial charge in [-0.3, -0.25) is 20.0 Å². The fraction of sp³-hybridized carbons (Fsp3) is 0.333. The Balaban J connectivity index is 1.31. The number of amides is 2. The molecule has 42 heavy (non-hydrogen) atoms. The zero-order valence-electron chi connectivity index (χ0n) is 22.1. The van der Waals surface area contributed by atoms with E-state index in [1.54, 1.807) is 40.4 Å². The molecule has 0 spiro atoms. The van der Waals surface area contributed by atoms with Gasteiger partial charge in [0.1, 0.15) is 6.04 Å².